The maximum absolute atomic E-state index is 4.71. The minimum Gasteiger partial charge on any atom is -0.304 e. The van der Waals surface area contributed by atoms with Crippen molar-refractivity contribution < 1.29 is 0 Å². The summed E-state index contributed by atoms with van der Waals surface area (Å²) in [4.78, 5) is 4.71. The van der Waals surface area contributed by atoms with E-state index in [1.54, 1.807) is 0 Å². The Morgan fingerprint density at radius 2 is 1.36 bits per heavy atom. The van der Waals surface area contributed by atoms with Crippen LogP contribution in [0.5, 0.6) is 0 Å². The van der Waals surface area contributed by atoms with Crippen LogP contribution in [0, 0.1) is 6.92 Å². The Bertz CT molecular complexity index is 919. The maximum Gasteiger partial charge on any atom is 0.137 e. The van der Waals surface area contributed by atoms with Crippen LogP contribution in [-0.4, -0.2) is 9.38 Å². The first-order valence-corrected chi connectivity index (χ1v) is 7.42. The van der Waals surface area contributed by atoms with Gasteiger partial charge in [0.15, 0.2) is 0 Å². The molecule has 4 rings (SSSR count). The number of nitrogens with zero attached hydrogens (tertiary/aromatic N) is 2. The normalized spacial score (nSPS) is 11.0. The van der Waals surface area contributed by atoms with Gasteiger partial charge in [0, 0.05) is 17.5 Å². The monoisotopic (exact) mass is 284 g/mol. The molecule has 0 saturated heterocycles. The first-order valence-electron chi connectivity index (χ1n) is 7.42. The summed E-state index contributed by atoms with van der Waals surface area (Å²) in [6.45, 7) is 2.09. The third-order valence-corrected chi connectivity index (χ3v) is 3.98. The van der Waals surface area contributed by atoms with Crippen molar-refractivity contribution in [2.75, 3.05) is 0 Å². The van der Waals surface area contributed by atoms with Crippen molar-refractivity contribution in [1.82, 2.24) is 9.38 Å². The molecule has 0 amide bonds. The van der Waals surface area contributed by atoms with Crippen molar-refractivity contribution in [2.45, 2.75) is 6.92 Å². The summed E-state index contributed by atoms with van der Waals surface area (Å²) in [5.74, 6) is 0. The fourth-order valence-corrected chi connectivity index (χ4v) is 2.75. The molecule has 2 heterocycles. The first kappa shape index (κ1) is 12.8. The largest absolute Gasteiger partial charge is 0.304 e. The molecule has 2 aromatic carbocycles. The molecule has 2 aromatic heterocycles. The van der Waals surface area contributed by atoms with Gasteiger partial charge >= 0.3 is 0 Å². The highest BCUT2D eigenvalue weighted by Crippen LogP contribution is 2.24. The van der Waals surface area contributed by atoms with E-state index in [1.807, 2.05) is 18.2 Å². The van der Waals surface area contributed by atoms with Crippen molar-refractivity contribution >= 4 is 5.65 Å². The van der Waals surface area contributed by atoms with Crippen LogP contribution >= 0.6 is 0 Å². The molecule has 0 bridgehead atoms. The zero-order valence-electron chi connectivity index (χ0n) is 12.4. The number of imidazole rings is 1. The zero-order valence-corrected chi connectivity index (χ0v) is 12.4. The molecule has 0 unspecified atom stereocenters. The Kier molecular flexibility index (Phi) is 3.01. The second-order valence-electron chi connectivity index (χ2n) is 5.46. The van der Waals surface area contributed by atoms with Gasteiger partial charge in [-0.3, -0.25) is 0 Å². The van der Waals surface area contributed by atoms with Crippen LogP contribution in [0.1, 0.15) is 5.69 Å². The lowest BCUT2D eigenvalue weighted by Gasteiger charge is -2.02. The van der Waals surface area contributed by atoms with Gasteiger partial charge in [-0.15, -0.1) is 0 Å². The van der Waals surface area contributed by atoms with Crippen LogP contribution in [0.4, 0.5) is 0 Å². The smallest absolute Gasteiger partial charge is 0.137 e. The summed E-state index contributed by atoms with van der Waals surface area (Å²) in [7, 11) is 0. The molecule has 0 fully saturated rings. The van der Waals surface area contributed by atoms with Gasteiger partial charge in [-0.25, -0.2) is 4.98 Å². The highest BCUT2D eigenvalue weighted by atomic mass is 15.0. The van der Waals surface area contributed by atoms with Gasteiger partial charge < -0.3 is 4.40 Å². The van der Waals surface area contributed by atoms with Gasteiger partial charge in [-0.1, -0.05) is 60.7 Å². The van der Waals surface area contributed by atoms with E-state index in [1.165, 1.54) is 16.8 Å². The molecule has 0 aliphatic heterocycles. The second kappa shape index (κ2) is 5.15. The number of hydrogen-bond acceptors (Lipinski definition) is 1. The van der Waals surface area contributed by atoms with Gasteiger partial charge in [0.25, 0.3) is 0 Å². The molecule has 0 saturated carbocycles. The molecule has 0 aliphatic carbocycles. The van der Waals surface area contributed by atoms with Crippen molar-refractivity contribution in [3.05, 3.63) is 84.7 Å². The number of hydrogen-bond donors (Lipinski definition) is 0. The van der Waals surface area contributed by atoms with Crippen LogP contribution in [0.2, 0.25) is 0 Å². The molecule has 106 valence electrons. The number of benzene rings is 2. The number of rotatable bonds is 2. The average molecular weight is 284 g/mol. The highest BCUT2D eigenvalue weighted by Gasteiger charge is 2.06. The van der Waals surface area contributed by atoms with E-state index in [4.69, 9.17) is 4.98 Å². The van der Waals surface area contributed by atoms with Crippen molar-refractivity contribution in [3.8, 4) is 22.4 Å². The molecular formula is C20H16N2. The van der Waals surface area contributed by atoms with Gasteiger partial charge in [-0.2, -0.15) is 0 Å². The van der Waals surface area contributed by atoms with Crippen molar-refractivity contribution in [1.29, 1.82) is 0 Å². The number of aromatic nitrogens is 2. The van der Waals surface area contributed by atoms with Gasteiger partial charge in [-0.05, 0) is 30.2 Å². The minimum atomic E-state index is 0.988. The van der Waals surface area contributed by atoms with Gasteiger partial charge in [0.05, 0.1) is 5.69 Å². The summed E-state index contributed by atoms with van der Waals surface area (Å²) in [6.07, 6.45) is 2.10. The summed E-state index contributed by atoms with van der Waals surface area (Å²) < 4.78 is 2.13. The van der Waals surface area contributed by atoms with Crippen LogP contribution < -0.4 is 0 Å². The highest BCUT2D eigenvalue weighted by molar-refractivity contribution is 5.69. The first-order chi connectivity index (χ1) is 10.8. The van der Waals surface area contributed by atoms with Gasteiger partial charge in [0.1, 0.15) is 5.65 Å². The summed E-state index contributed by atoms with van der Waals surface area (Å²) in [5, 5.41) is 0. The van der Waals surface area contributed by atoms with E-state index < -0.39 is 0 Å². The van der Waals surface area contributed by atoms with E-state index >= 15 is 0 Å². The summed E-state index contributed by atoms with van der Waals surface area (Å²) >= 11 is 0. The van der Waals surface area contributed by atoms with Gasteiger partial charge in [0.2, 0.25) is 0 Å². The van der Waals surface area contributed by atoms with Crippen LogP contribution in [0.15, 0.2) is 79.0 Å². The SMILES string of the molecule is Cc1cccc2nc(-c3ccc(-c4ccccc4)cc3)cn12. The Balaban J connectivity index is 1.74. The molecule has 0 N–H and O–H groups in total. The van der Waals surface area contributed by atoms with Crippen LogP contribution in [0.25, 0.3) is 28.0 Å². The molecule has 22 heavy (non-hydrogen) atoms. The molecule has 0 spiro atoms. The topological polar surface area (TPSA) is 17.3 Å². The fraction of sp³-hybridized carbons (Fsp3) is 0.0500. The number of pyridine rings is 1. The number of fused-ring (bicyclic) bond motifs is 1. The lowest BCUT2D eigenvalue weighted by Crippen LogP contribution is -1.86. The Morgan fingerprint density at radius 1 is 0.682 bits per heavy atom. The van der Waals surface area contributed by atoms with Crippen LogP contribution in [-0.2, 0) is 0 Å². The van der Waals surface area contributed by atoms with E-state index in [-0.39, 0.29) is 0 Å². The lowest BCUT2D eigenvalue weighted by atomic mass is 10.0. The zero-order chi connectivity index (χ0) is 14.9. The molecule has 2 heteroatoms. The molecular weight excluding hydrogens is 268 g/mol. The Hall–Kier alpha value is -2.87. The molecule has 0 aliphatic rings. The van der Waals surface area contributed by atoms with E-state index in [2.05, 4.69) is 72.1 Å². The van der Waals surface area contributed by atoms with E-state index in [0.717, 1.165) is 16.9 Å². The fourth-order valence-electron chi connectivity index (χ4n) is 2.75. The predicted octanol–water partition coefficient (Wildman–Crippen LogP) is 4.98. The lowest BCUT2D eigenvalue weighted by molar-refractivity contribution is 1.09. The van der Waals surface area contributed by atoms with Crippen LogP contribution in [0.3, 0.4) is 0 Å². The minimum absolute atomic E-state index is 0.988. The average Bonchev–Trinajstić information content (AvgIpc) is 3.02. The third-order valence-electron chi connectivity index (χ3n) is 3.98. The predicted molar refractivity (Wildman–Crippen MR) is 90.8 cm³/mol. The maximum atomic E-state index is 4.71. The third kappa shape index (κ3) is 2.19. The second-order valence-corrected chi connectivity index (χ2v) is 5.46. The van der Waals surface area contributed by atoms with E-state index in [9.17, 15) is 0 Å². The quantitative estimate of drug-likeness (QED) is 0.507. The Labute approximate surface area is 129 Å². The standard InChI is InChI=1S/C20H16N2/c1-15-6-5-9-20-21-19(14-22(15)20)18-12-10-17(11-13-18)16-7-3-2-4-8-16/h2-14H,1H3. The number of aryl methyl sites for hydroxylation is 1. The van der Waals surface area contributed by atoms with Crippen molar-refractivity contribution in [2.24, 2.45) is 0 Å². The molecule has 2 nitrogen and oxygen atoms in total. The summed E-state index contributed by atoms with van der Waals surface area (Å²) in [6, 6.07) is 25.2. The van der Waals surface area contributed by atoms with E-state index in [0.29, 0.717) is 0 Å². The molecule has 0 atom stereocenters. The Morgan fingerprint density at radius 3 is 2.09 bits per heavy atom. The molecule has 4 aromatic rings. The summed E-state index contributed by atoms with van der Waals surface area (Å²) in [5.41, 5.74) is 6.79. The van der Waals surface area contributed by atoms with Crippen molar-refractivity contribution in [3.63, 3.8) is 0 Å². The molecule has 0 radical (unpaired) electrons.